The molecule has 1 aromatic heterocycles. The smallest absolute Gasteiger partial charge is 0.276 e. The predicted molar refractivity (Wildman–Crippen MR) is 101 cm³/mol. The average molecular weight is 382 g/mol. The van der Waals surface area contributed by atoms with Crippen molar-refractivity contribution in [3.63, 3.8) is 0 Å². The van der Waals surface area contributed by atoms with Crippen LogP contribution in [0.3, 0.4) is 0 Å². The number of nitrogen functional groups attached to an aromatic ring is 1. The number of nitrogens with zero attached hydrogens (tertiary/aromatic N) is 2. The topological polar surface area (TPSA) is 113 Å². The van der Waals surface area contributed by atoms with Crippen molar-refractivity contribution in [3.8, 4) is 0 Å². The normalized spacial score (nSPS) is 11.0. The van der Waals surface area contributed by atoms with Gasteiger partial charge in [0.25, 0.3) is 5.56 Å². The number of halogens is 2. The van der Waals surface area contributed by atoms with Gasteiger partial charge in [0.2, 0.25) is 5.95 Å². The summed E-state index contributed by atoms with van der Waals surface area (Å²) in [6, 6.07) is 5.21. The molecule has 7 nitrogen and oxygen atoms in total. The summed E-state index contributed by atoms with van der Waals surface area (Å²) < 4.78 is 0. The lowest BCUT2D eigenvalue weighted by Crippen LogP contribution is -2.19. The highest BCUT2D eigenvalue weighted by atomic mass is 35.5. The summed E-state index contributed by atoms with van der Waals surface area (Å²) in [6.07, 6.45) is 1.71. The Morgan fingerprint density at radius 3 is 2.84 bits per heavy atom. The molecule has 9 heteroatoms. The molecule has 0 aliphatic rings. The number of aliphatic imine (C=N–C) groups is 1. The van der Waals surface area contributed by atoms with Crippen molar-refractivity contribution < 1.29 is 4.79 Å². The summed E-state index contributed by atoms with van der Waals surface area (Å²) in [7, 11) is 0. The molecule has 2 rings (SSSR count). The van der Waals surface area contributed by atoms with E-state index in [-0.39, 0.29) is 23.1 Å². The van der Waals surface area contributed by atoms with Gasteiger partial charge in [-0.15, -0.1) is 0 Å². The number of aromatic nitrogens is 2. The standard InChI is InChI=1S/C16H17Cl2N5O2/c1-9(24)4-5-20-8-13-14(19)15(25)23-16(22-13)21-7-10-2-3-11(17)12(18)6-10/h2-3,6,8H,4-5,7,19H2,1H3,(H2,21,22,23,25). The number of Topliss-reactive ketones (excluding diaryl/α,β-unsaturated/α-hetero) is 1. The molecule has 0 amide bonds. The van der Waals surface area contributed by atoms with E-state index < -0.39 is 5.56 Å². The predicted octanol–water partition coefficient (Wildman–Crippen LogP) is 2.67. The first-order valence-corrected chi connectivity index (χ1v) is 8.19. The van der Waals surface area contributed by atoms with Gasteiger partial charge in [-0.05, 0) is 24.6 Å². The fourth-order valence-electron chi connectivity index (χ4n) is 1.89. The number of nitrogens with two attached hydrogens (primary N) is 1. The number of ketones is 1. The summed E-state index contributed by atoms with van der Waals surface area (Å²) in [5.41, 5.74) is 6.31. The van der Waals surface area contributed by atoms with Crippen molar-refractivity contribution in [3.05, 3.63) is 49.9 Å². The van der Waals surface area contributed by atoms with Crippen LogP contribution in [0.2, 0.25) is 10.0 Å². The second-order valence-corrected chi connectivity index (χ2v) is 6.12. The Hall–Kier alpha value is -2.38. The van der Waals surface area contributed by atoms with Gasteiger partial charge in [-0.1, -0.05) is 29.3 Å². The maximum atomic E-state index is 11.9. The minimum Gasteiger partial charge on any atom is -0.392 e. The number of carbonyl (C=O) groups is 1. The van der Waals surface area contributed by atoms with E-state index in [9.17, 15) is 9.59 Å². The molecule has 132 valence electrons. The molecular formula is C16H17Cl2N5O2. The number of aromatic amines is 1. The number of rotatable bonds is 7. The third-order valence-corrected chi connectivity index (χ3v) is 3.97. The lowest BCUT2D eigenvalue weighted by atomic mass is 10.2. The fraction of sp³-hybridized carbons (Fsp3) is 0.250. The van der Waals surface area contributed by atoms with Gasteiger partial charge in [-0.3, -0.25) is 19.6 Å². The second-order valence-electron chi connectivity index (χ2n) is 5.30. The molecule has 0 saturated heterocycles. The first-order chi connectivity index (χ1) is 11.9. The molecule has 0 radical (unpaired) electrons. The Bertz CT molecular complexity index is 864. The maximum Gasteiger partial charge on any atom is 0.276 e. The first kappa shape index (κ1) is 19.0. The molecule has 0 spiro atoms. The molecule has 1 aromatic carbocycles. The Labute approximate surface area is 154 Å². The molecule has 0 aliphatic carbocycles. The van der Waals surface area contributed by atoms with Crippen molar-refractivity contribution >= 4 is 46.8 Å². The number of carbonyl (C=O) groups excluding carboxylic acids is 1. The van der Waals surface area contributed by atoms with Crippen LogP contribution < -0.4 is 16.6 Å². The number of anilines is 2. The summed E-state index contributed by atoms with van der Waals surface area (Å²) in [6.45, 7) is 2.18. The molecule has 1 heterocycles. The Kier molecular flexibility index (Phi) is 6.55. The van der Waals surface area contributed by atoms with E-state index in [1.165, 1.54) is 13.1 Å². The fourth-order valence-corrected chi connectivity index (χ4v) is 2.21. The average Bonchev–Trinajstić information content (AvgIpc) is 2.56. The van der Waals surface area contributed by atoms with Crippen LogP contribution in [0.5, 0.6) is 0 Å². The lowest BCUT2D eigenvalue weighted by Gasteiger charge is -2.08. The number of benzene rings is 1. The largest absolute Gasteiger partial charge is 0.392 e. The second kappa shape index (κ2) is 8.64. The molecule has 0 atom stereocenters. The summed E-state index contributed by atoms with van der Waals surface area (Å²) in [5, 5.41) is 3.89. The van der Waals surface area contributed by atoms with Crippen molar-refractivity contribution in [2.75, 3.05) is 17.6 Å². The number of hydrogen-bond acceptors (Lipinski definition) is 6. The van der Waals surface area contributed by atoms with Crippen LogP contribution in [0.25, 0.3) is 0 Å². The van der Waals surface area contributed by atoms with E-state index in [0.717, 1.165) is 5.56 Å². The molecule has 2 aromatic rings. The number of hydrogen-bond donors (Lipinski definition) is 3. The first-order valence-electron chi connectivity index (χ1n) is 7.43. The van der Waals surface area contributed by atoms with Gasteiger partial charge in [-0.2, -0.15) is 0 Å². The molecule has 0 bridgehead atoms. The molecule has 0 unspecified atom stereocenters. The van der Waals surface area contributed by atoms with Gasteiger partial charge >= 0.3 is 0 Å². The van der Waals surface area contributed by atoms with Crippen LogP contribution in [0.1, 0.15) is 24.6 Å². The van der Waals surface area contributed by atoms with Crippen molar-refractivity contribution in [2.24, 2.45) is 4.99 Å². The Morgan fingerprint density at radius 1 is 1.40 bits per heavy atom. The summed E-state index contributed by atoms with van der Waals surface area (Å²) >= 11 is 11.8. The molecular weight excluding hydrogens is 365 g/mol. The van der Waals surface area contributed by atoms with Crippen molar-refractivity contribution in [1.82, 2.24) is 9.97 Å². The van der Waals surface area contributed by atoms with Crippen molar-refractivity contribution in [1.29, 1.82) is 0 Å². The molecule has 25 heavy (non-hydrogen) atoms. The maximum absolute atomic E-state index is 11.9. The van der Waals surface area contributed by atoms with Gasteiger partial charge in [0.05, 0.1) is 10.0 Å². The molecule has 0 fully saturated rings. The SMILES string of the molecule is CC(=O)CCN=Cc1nc(NCc2ccc(Cl)c(Cl)c2)[nH]c(=O)c1N. The van der Waals surface area contributed by atoms with Gasteiger partial charge in [-0.25, -0.2) is 4.98 Å². The quantitative estimate of drug-likeness (QED) is 0.637. The molecule has 0 saturated carbocycles. The highest BCUT2D eigenvalue weighted by Crippen LogP contribution is 2.22. The van der Waals surface area contributed by atoms with E-state index in [1.807, 2.05) is 0 Å². The van der Waals surface area contributed by atoms with E-state index in [0.29, 0.717) is 29.6 Å². The summed E-state index contributed by atoms with van der Waals surface area (Å²) in [5.74, 6) is 0.284. The zero-order valence-corrected chi connectivity index (χ0v) is 15.0. The highest BCUT2D eigenvalue weighted by molar-refractivity contribution is 6.42. The third kappa shape index (κ3) is 5.58. The Balaban J connectivity index is 2.11. The van der Waals surface area contributed by atoms with Gasteiger partial charge < -0.3 is 11.1 Å². The van der Waals surface area contributed by atoms with E-state index >= 15 is 0 Å². The minimum absolute atomic E-state index is 0.0352. The molecule has 0 aliphatic heterocycles. The van der Waals surface area contributed by atoms with E-state index in [1.54, 1.807) is 18.2 Å². The monoisotopic (exact) mass is 381 g/mol. The zero-order chi connectivity index (χ0) is 18.4. The van der Waals surface area contributed by atoms with Crippen LogP contribution in [0.4, 0.5) is 11.6 Å². The van der Waals surface area contributed by atoms with Crippen LogP contribution in [0, 0.1) is 0 Å². The number of H-pyrrole nitrogens is 1. The van der Waals surface area contributed by atoms with E-state index in [4.69, 9.17) is 28.9 Å². The third-order valence-electron chi connectivity index (χ3n) is 3.24. The number of nitrogens with one attached hydrogen (secondary N) is 2. The minimum atomic E-state index is -0.473. The zero-order valence-electron chi connectivity index (χ0n) is 13.5. The summed E-state index contributed by atoms with van der Waals surface area (Å²) in [4.78, 5) is 33.6. The van der Waals surface area contributed by atoms with Gasteiger partial charge in [0.15, 0.2) is 0 Å². The molecule has 4 N–H and O–H groups in total. The van der Waals surface area contributed by atoms with Crippen LogP contribution in [0.15, 0.2) is 28.0 Å². The van der Waals surface area contributed by atoms with Crippen LogP contribution in [-0.2, 0) is 11.3 Å². The Morgan fingerprint density at radius 2 is 2.16 bits per heavy atom. The lowest BCUT2D eigenvalue weighted by molar-refractivity contribution is -0.116. The van der Waals surface area contributed by atoms with E-state index in [2.05, 4.69) is 20.3 Å². The van der Waals surface area contributed by atoms with Crippen LogP contribution >= 0.6 is 23.2 Å². The van der Waals surface area contributed by atoms with Gasteiger partial charge in [0, 0.05) is 25.7 Å². The van der Waals surface area contributed by atoms with Gasteiger partial charge in [0.1, 0.15) is 17.2 Å². The van der Waals surface area contributed by atoms with Crippen molar-refractivity contribution in [2.45, 2.75) is 19.9 Å². The van der Waals surface area contributed by atoms with Crippen LogP contribution in [-0.4, -0.2) is 28.5 Å². The highest BCUT2D eigenvalue weighted by Gasteiger charge is 2.07.